The summed E-state index contributed by atoms with van der Waals surface area (Å²) in [7, 11) is 0. The van der Waals surface area contributed by atoms with Crippen LogP contribution in [0.15, 0.2) is 30.7 Å². The average molecular weight is 478 g/mol. The number of hydrogen-bond donors (Lipinski definition) is 3. The van der Waals surface area contributed by atoms with Gasteiger partial charge in [-0.1, -0.05) is 0 Å². The number of aliphatic hydroxyl groups excluding tert-OH is 1. The molecule has 0 bridgehead atoms. The number of halogens is 1. The van der Waals surface area contributed by atoms with Crippen LogP contribution in [0, 0.1) is 23.1 Å². The summed E-state index contributed by atoms with van der Waals surface area (Å²) in [5, 5.41) is 20.9. The fraction of sp³-hybridized carbons (Fsp3) is 0.273. The molecule has 1 fully saturated rings. The Kier molecular flexibility index (Phi) is 5.50. The third-order valence-electron chi connectivity index (χ3n) is 5.69. The number of fused-ring (bicyclic) bond motifs is 2. The number of aromatic amines is 1. The van der Waals surface area contributed by atoms with E-state index in [1.165, 1.54) is 46.9 Å². The molecule has 0 aliphatic carbocycles. The minimum absolute atomic E-state index is 0.0805. The van der Waals surface area contributed by atoms with Gasteiger partial charge >= 0.3 is 6.09 Å². The van der Waals surface area contributed by atoms with Gasteiger partial charge in [0.25, 0.3) is 0 Å². The molecule has 4 aromatic rings. The SMILES string of the molecule is C[C@@H](NC(=O)Oc1c[nH]c2ncc(-c3nc(CO)n4cc(F)ccc34)nc12)C(=O)N1CC(C#N)C1. The lowest BCUT2D eigenvalue weighted by Gasteiger charge is -2.36. The number of carbonyl (C=O) groups is 2. The maximum Gasteiger partial charge on any atom is 0.413 e. The van der Waals surface area contributed by atoms with Gasteiger partial charge in [0.2, 0.25) is 5.91 Å². The van der Waals surface area contributed by atoms with Gasteiger partial charge in [-0.15, -0.1) is 0 Å². The van der Waals surface area contributed by atoms with Gasteiger partial charge in [0.05, 0.1) is 23.7 Å². The number of rotatable bonds is 5. The molecule has 1 atom stereocenters. The van der Waals surface area contributed by atoms with Crippen LogP contribution in [0.3, 0.4) is 0 Å². The summed E-state index contributed by atoms with van der Waals surface area (Å²) in [6.07, 6.45) is 3.22. The number of carbonyl (C=O) groups excluding carboxylic acids is 2. The van der Waals surface area contributed by atoms with Gasteiger partial charge < -0.3 is 25.0 Å². The van der Waals surface area contributed by atoms with Crippen molar-refractivity contribution in [1.82, 2.24) is 34.6 Å². The van der Waals surface area contributed by atoms with E-state index in [1.807, 2.05) is 0 Å². The van der Waals surface area contributed by atoms with E-state index in [1.54, 1.807) is 0 Å². The van der Waals surface area contributed by atoms with Crippen molar-refractivity contribution in [3.8, 4) is 23.2 Å². The molecular formula is C22H19FN8O4. The topological polar surface area (TPSA) is 162 Å². The number of amides is 2. The van der Waals surface area contributed by atoms with Crippen LogP contribution in [0.25, 0.3) is 28.1 Å². The minimum Gasteiger partial charge on any atom is -0.406 e. The van der Waals surface area contributed by atoms with Crippen molar-refractivity contribution in [1.29, 1.82) is 5.26 Å². The second-order valence-electron chi connectivity index (χ2n) is 8.07. The van der Waals surface area contributed by atoms with Gasteiger partial charge in [0.15, 0.2) is 16.9 Å². The van der Waals surface area contributed by atoms with Crippen molar-refractivity contribution in [3.63, 3.8) is 0 Å². The number of nitrogens with one attached hydrogen (secondary N) is 2. The Morgan fingerprint density at radius 2 is 2.20 bits per heavy atom. The largest absolute Gasteiger partial charge is 0.413 e. The summed E-state index contributed by atoms with van der Waals surface area (Å²) < 4.78 is 20.5. The van der Waals surface area contributed by atoms with E-state index >= 15 is 0 Å². The van der Waals surface area contributed by atoms with Crippen LogP contribution in [0.5, 0.6) is 5.75 Å². The fourth-order valence-corrected chi connectivity index (χ4v) is 3.86. The highest BCUT2D eigenvalue weighted by atomic mass is 19.1. The number of aliphatic hydroxyl groups is 1. The molecule has 13 heteroatoms. The van der Waals surface area contributed by atoms with Gasteiger partial charge in [-0.2, -0.15) is 5.26 Å². The van der Waals surface area contributed by atoms with Crippen molar-refractivity contribution in [2.45, 2.75) is 19.6 Å². The van der Waals surface area contributed by atoms with Crippen molar-refractivity contribution >= 4 is 28.7 Å². The number of aromatic nitrogens is 5. The first-order valence-corrected chi connectivity index (χ1v) is 10.7. The summed E-state index contributed by atoms with van der Waals surface area (Å²) in [6.45, 7) is 1.79. The molecule has 0 unspecified atom stereocenters. The van der Waals surface area contributed by atoms with Crippen molar-refractivity contribution in [2.24, 2.45) is 5.92 Å². The number of imidazole rings is 1. The van der Waals surface area contributed by atoms with E-state index < -0.39 is 24.6 Å². The number of likely N-dealkylation sites (tertiary alicyclic amines) is 1. The molecule has 1 aliphatic heterocycles. The highest BCUT2D eigenvalue weighted by molar-refractivity contribution is 5.88. The van der Waals surface area contributed by atoms with Crippen LogP contribution in [-0.2, 0) is 11.4 Å². The number of hydrogen-bond acceptors (Lipinski definition) is 8. The number of nitrogens with zero attached hydrogens (tertiary/aromatic N) is 6. The summed E-state index contributed by atoms with van der Waals surface area (Å²) >= 11 is 0. The lowest BCUT2D eigenvalue weighted by atomic mass is 10.0. The van der Waals surface area contributed by atoms with Gasteiger partial charge in [-0.3, -0.25) is 9.20 Å². The first-order chi connectivity index (χ1) is 16.9. The Balaban J connectivity index is 1.37. The molecule has 3 N–H and O–H groups in total. The number of H-pyrrole nitrogens is 1. The van der Waals surface area contributed by atoms with E-state index in [2.05, 4.69) is 31.3 Å². The molecular weight excluding hydrogens is 459 g/mol. The smallest absolute Gasteiger partial charge is 0.406 e. The van der Waals surface area contributed by atoms with Gasteiger partial charge in [-0.25, -0.2) is 24.1 Å². The predicted molar refractivity (Wildman–Crippen MR) is 118 cm³/mol. The zero-order valence-electron chi connectivity index (χ0n) is 18.4. The lowest BCUT2D eigenvalue weighted by molar-refractivity contribution is -0.137. The zero-order chi connectivity index (χ0) is 24.7. The molecule has 4 aromatic heterocycles. The molecule has 0 spiro atoms. The Morgan fingerprint density at radius 3 is 2.94 bits per heavy atom. The highest BCUT2D eigenvalue weighted by Gasteiger charge is 2.33. The molecule has 5 heterocycles. The van der Waals surface area contributed by atoms with Crippen LogP contribution in [0.4, 0.5) is 9.18 Å². The van der Waals surface area contributed by atoms with Gasteiger partial charge in [0.1, 0.15) is 35.7 Å². The molecule has 12 nitrogen and oxygen atoms in total. The Hall–Kier alpha value is -4.57. The molecule has 1 aliphatic rings. The average Bonchev–Trinajstić information content (AvgIpc) is 3.38. The molecule has 0 radical (unpaired) electrons. The summed E-state index contributed by atoms with van der Waals surface area (Å²) in [5.41, 5.74) is 1.78. The maximum absolute atomic E-state index is 13.7. The van der Waals surface area contributed by atoms with Crippen molar-refractivity contribution in [3.05, 3.63) is 42.4 Å². The molecule has 178 valence electrons. The molecule has 5 rings (SSSR count). The van der Waals surface area contributed by atoms with Crippen LogP contribution in [-0.4, -0.2) is 65.5 Å². The van der Waals surface area contributed by atoms with Crippen molar-refractivity contribution in [2.75, 3.05) is 13.1 Å². The summed E-state index contributed by atoms with van der Waals surface area (Å²) in [5.74, 6) is -0.675. The molecule has 1 saturated heterocycles. The standard InChI is InChI=1S/C22H19FN8O4/c1-11(21(33)30-7-12(4-24)8-30)27-22(34)35-16-6-26-20-19(16)28-14(5-25-20)18-15-3-2-13(23)9-31(15)17(10-32)29-18/h2-3,5-6,9,11-12,32H,7-8,10H2,1H3,(H,25,26)(H,27,34)/t11-/m1/s1. The van der Waals surface area contributed by atoms with Crippen molar-refractivity contribution < 1.29 is 23.8 Å². The maximum atomic E-state index is 13.7. The third-order valence-corrected chi connectivity index (χ3v) is 5.69. The quantitative estimate of drug-likeness (QED) is 0.387. The van der Waals surface area contributed by atoms with E-state index in [4.69, 9.17) is 10.00 Å². The monoisotopic (exact) mass is 478 g/mol. The Labute approximate surface area is 197 Å². The first-order valence-electron chi connectivity index (χ1n) is 10.7. The van der Waals surface area contributed by atoms with E-state index in [9.17, 15) is 19.1 Å². The molecule has 2 amide bonds. The summed E-state index contributed by atoms with van der Waals surface area (Å²) in [4.78, 5) is 42.3. The first kappa shape index (κ1) is 22.2. The Morgan fingerprint density at radius 1 is 1.40 bits per heavy atom. The second kappa shape index (κ2) is 8.65. The summed E-state index contributed by atoms with van der Waals surface area (Å²) in [6, 6.07) is 4.03. The van der Waals surface area contributed by atoms with E-state index in [0.717, 1.165) is 0 Å². The van der Waals surface area contributed by atoms with Crippen LogP contribution in [0.2, 0.25) is 0 Å². The van der Waals surface area contributed by atoms with Crippen LogP contribution in [0.1, 0.15) is 12.7 Å². The van der Waals surface area contributed by atoms with Crippen LogP contribution >= 0.6 is 0 Å². The fourth-order valence-electron chi connectivity index (χ4n) is 3.86. The second-order valence-corrected chi connectivity index (χ2v) is 8.07. The van der Waals surface area contributed by atoms with E-state index in [0.29, 0.717) is 35.6 Å². The van der Waals surface area contributed by atoms with Gasteiger partial charge in [0, 0.05) is 25.5 Å². The number of pyridine rings is 1. The van der Waals surface area contributed by atoms with Gasteiger partial charge in [-0.05, 0) is 19.1 Å². The normalized spacial score (nSPS) is 14.5. The number of ether oxygens (including phenoxy) is 1. The number of nitriles is 1. The van der Waals surface area contributed by atoms with E-state index in [-0.39, 0.29) is 28.9 Å². The predicted octanol–water partition coefficient (Wildman–Crippen LogP) is 1.36. The molecule has 35 heavy (non-hydrogen) atoms. The molecule has 0 saturated carbocycles. The molecule has 0 aromatic carbocycles. The zero-order valence-corrected chi connectivity index (χ0v) is 18.4. The lowest BCUT2D eigenvalue weighted by Crippen LogP contribution is -2.56. The highest BCUT2D eigenvalue weighted by Crippen LogP contribution is 2.28. The van der Waals surface area contributed by atoms with Crippen LogP contribution < -0.4 is 10.1 Å². The third kappa shape index (κ3) is 4.00. The minimum atomic E-state index is -0.859. The Bertz CT molecular complexity index is 1500.